The molecule has 2 aliphatic carbocycles. The van der Waals surface area contributed by atoms with Crippen molar-refractivity contribution in [2.24, 2.45) is 17.8 Å². The van der Waals surface area contributed by atoms with Crippen LogP contribution < -0.4 is 25.7 Å². The molecule has 15 nitrogen and oxygen atoms in total. The first-order chi connectivity index (χ1) is 24.1. The van der Waals surface area contributed by atoms with E-state index in [1.807, 2.05) is 19.1 Å². The lowest BCUT2D eigenvalue weighted by Gasteiger charge is -2.32. The Morgan fingerprint density at radius 3 is 2.49 bits per heavy atom. The minimum Gasteiger partial charge on any atom is -0.471 e. The molecule has 1 aromatic carbocycles. The van der Waals surface area contributed by atoms with Gasteiger partial charge < -0.3 is 25.4 Å². The van der Waals surface area contributed by atoms with Gasteiger partial charge in [0.25, 0.3) is 11.5 Å². The summed E-state index contributed by atoms with van der Waals surface area (Å²) in [4.78, 5) is 68.7. The number of carbonyl (C=O) groups is 4. The van der Waals surface area contributed by atoms with E-state index in [9.17, 15) is 37.5 Å². The number of nitrogens with one attached hydrogen (secondary N) is 3. The molecule has 276 valence electrons. The maximum absolute atomic E-state index is 14.4. The molecule has 1 aromatic heterocycles. The van der Waals surface area contributed by atoms with Crippen LogP contribution >= 0.6 is 0 Å². The van der Waals surface area contributed by atoms with E-state index in [1.54, 1.807) is 45.0 Å². The van der Waals surface area contributed by atoms with Crippen molar-refractivity contribution in [1.82, 2.24) is 30.0 Å². The number of sulfonamides is 1. The average Bonchev–Trinajstić information content (AvgIpc) is 3.96. The van der Waals surface area contributed by atoms with Crippen LogP contribution in [-0.2, 0) is 31.0 Å². The van der Waals surface area contributed by atoms with Gasteiger partial charge in [-0.05, 0) is 76.3 Å². The lowest BCUT2D eigenvalue weighted by atomic mass is 9.88. The summed E-state index contributed by atoms with van der Waals surface area (Å²) in [6, 6.07) is 4.43. The van der Waals surface area contributed by atoms with Gasteiger partial charge in [0, 0.05) is 18.9 Å². The Bertz CT molecular complexity index is 1940. The zero-order valence-electron chi connectivity index (χ0n) is 29.3. The number of fused-ring (bicyclic) bond motifs is 3. The summed E-state index contributed by atoms with van der Waals surface area (Å²) in [5, 5.41) is 20.2. The molecule has 2 aromatic rings. The second kappa shape index (κ2) is 13.6. The van der Waals surface area contributed by atoms with E-state index in [0.29, 0.717) is 36.5 Å². The van der Waals surface area contributed by atoms with E-state index in [-0.39, 0.29) is 43.3 Å². The summed E-state index contributed by atoms with van der Waals surface area (Å²) in [5.74, 6) is -2.82. The lowest BCUT2D eigenvalue weighted by Crippen LogP contribution is -2.59. The molecule has 7 atom stereocenters. The topological polar surface area (TPSA) is 206 Å². The third-order valence-corrected chi connectivity index (χ3v) is 13.1. The number of hydrogen-bond donors (Lipinski definition) is 4. The van der Waals surface area contributed by atoms with Crippen molar-refractivity contribution in [2.75, 3.05) is 6.54 Å². The Hall–Kier alpha value is -4.47. The third-order valence-electron chi connectivity index (χ3n) is 10.9. The molecule has 4 N–H and O–H groups in total. The van der Waals surface area contributed by atoms with Gasteiger partial charge in [0.2, 0.25) is 27.7 Å². The molecular formula is C35H46N6O9S. The van der Waals surface area contributed by atoms with Gasteiger partial charge in [-0.15, -0.1) is 5.10 Å². The first kappa shape index (κ1) is 36.3. The summed E-state index contributed by atoms with van der Waals surface area (Å²) < 4.78 is 35.0. The Morgan fingerprint density at radius 1 is 1.12 bits per heavy atom. The zero-order valence-corrected chi connectivity index (χ0v) is 30.1. The predicted molar refractivity (Wildman–Crippen MR) is 186 cm³/mol. The first-order valence-electron chi connectivity index (χ1n) is 17.6. The SMILES string of the molecule is CCn1nc(O[C@@H]2C[C@H]3C(=O)N[C@]4(C(=O)NS(=O)(=O)C5(C)CC5)C[C@H]4C=CCC[C@@H](C)C[C@@H](C)[C@H](NC(=O)O)C(=O)N3C2)c2ccccc2c1=O. The van der Waals surface area contributed by atoms with Gasteiger partial charge in [0.15, 0.2) is 0 Å². The van der Waals surface area contributed by atoms with Crippen molar-refractivity contribution in [2.45, 2.75) is 108 Å². The van der Waals surface area contributed by atoms with E-state index in [2.05, 4.69) is 20.5 Å². The second-order valence-electron chi connectivity index (χ2n) is 14.9. The highest BCUT2D eigenvalue weighted by Crippen LogP contribution is 2.47. The standard InChI is InChI=1S/C35H46N6O9S/c1-5-41-30(43)25-13-9-8-12-24(25)29(38-41)50-23-17-26-28(42)37-35(32(45)39-51(48,49)34(4)14-15-34)18-22(35)11-7-6-10-20(2)16-21(3)27(36-33(46)47)31(44)40(26)19-23/h7-9,11-13,20-23,26-27,36H,5-6,10,14-19H2,1-4H3,(H,37,42)(H,39,45)(H,46,47)/t20-,21-,22-,23-,26+,27+,35-/m1/s1. The number of ether oxygens (including phenoxy) is 1. The molecular weight excluding hydrogens is 680 g/mol. The van der Waals surface area contributed by atoms with Crippen LogP contribution in [0.1, 0.15) is 72.6 Å². The van der Waals surface area contributed by atoms with Crippen molar-refractivity contribution >= 4 is 44.6 Å². The third kappa shape index (κ3) is 7.06. The van der Waals surface area contributed by atoms with Crippen LogP contribution in [0.15, 0.2) is 41.2 Å². The number of nitrogens with zero attached hydrogens (tertiary/aromatic N) is 3. The van der Waals surface area contributed by atoms with Gasteiger partial charge in [-0.2, -0.15) is 0 Å². The number of aromatic nitrogens is 2. The number of benzene rings is 1. The fourth-order valence-electron chi connectivity index (χ4n) is 7.39. The molecule has 3 fully saturated rings. The van der Waals surface area contributed by atoms with Gasteiger partial charge >= 0.3 is 6.09 Å². The van der Waals surface area contributed by atoms with Crippen molar-refractivity contribution in [1.29, 1.82) is 0 Å². The Labute approximate surface area is 296 Å². The maximum Gasteiger partial charge on any atom is 0.405 e. The number of hydrogen-bond acceptors (Lipinski definition) is 9. The minimum absolute atomic E-state index is 0.0437. The number of aryl methyl sites for hydroxylation is 1. The normalized spacial score (nSPS) is 30.6. The van der Waals surface area contributed by atoms with E-state index >= 15 is 0 Å². The van der Waals surface area contributed by atoms with E-state index in [1.165, 1.54) is 9.58 Å². The van der Waals surface area contributed by atoms with Crippen LogP contribution in [0.4, 0.5) is 4.79 Å². The molecule has 2 aliphatic heterocycles. The van der Waals surface area contributed by atoms with Crippen LogP contribution in [-0.4, -0.2) is 87.0 Å². The highest BCUT2D eigenvalue weighted by Gasteiger charge is 2.63. The molecule has 0 radical (unpaired) electrons. The largest absolute Gasteiger partial charge is 0.471 e. The van der Waals surface area contributed by atoms with Gasteiger partial charge in [0.1, 0.15) is 23.7 Å². The van der Waals surface area contributed by atoms with Crippen LogP contribution in [0.25, 0.3) is 10.8 Å². The van der Waals surface area contributed by atoms with Crippen LogP contribution in [0.5, 0.6) is 5.88 Å². The number of allylic oxidation sites excluding steroid dienone is 1. The molecule has 0 unspecified atom stereocenters. The summed E-state index contributed by atoms with van der Waals surface area (Å²) >= 11 is 0. The van der Waals surface area contributed by atoms with E-state index in [4.69, 9.17) is 4.74 Å². The van der Waals surface area contributed by atoms with Crippen LogP contribution in [0.2, 0.25) is 0 Å². The number of carbonyl (C=O) groups excluding carboxylic acids is 3. The molecule has 4 aliphatic rings. The molecule has 16 heteroatoms. The van der Waals surface area contributed by atoms with Crippen molar-refractivity contribution in [3.63, 3.8) is 0 Å². The van der Waals surface area contributed by atoms with E-state index in [0.717, 1.165) is 6.42 Å². The molecule has 0 bridgehead atoms. The molecule has 2 saturated carbocycles. The molecule has 1 saturated heterocycles. The average molecular weight is 727 g/mol. The minimum atomic E-state index is -4.01. The fraction of sp³-hybridized carbons (Fsp3) is 0.600. The summed E-state index contributed by atoms with van der Waals surface area (Å²) in [7, 11) is -4.01. The van der Waals surface area contributed by atoms with Crippen molar-refractivity contribution < 1.29 is 37.4 Å². The van der Waals surface area contributed by atoms with E-state index < -0.39 is 74.1 Å². The van der Waals surface area contributed by atoms with Crippen molar-refractivity contribution in [3.8, 4) is 5.88 Å². The Kier molecular flexibility index (Phi) is 9.67. The molecule has 51 heavy (non-hydrogen) atoms. The highest BCUT2D eigenvalue weighted by molar-refractivity contribution is 7.91. The number of amides is 4. The molecule has 6 rings (SSSR count). The molecule has 0 spiro atoms. The maximum atomic E-state index is 14.4. The van der Waals surface area contributed by atoms with Gasteiger partial charge in [-0.3, -0.25) is 23.9 Å². The molecule has 3 heterocycles. The highest BCUT2D eigenvalue weighted by atomic mass is 32.2. The molecule has 4 amide bonds. The predicted octanol–water partition coefficient (Wildman–Crippen LogP) is 2.29. The second-order valence-corrected chi connectivity index (χ2v) is 17.1. The smallest absolute Gasteiger partial charge is 0.405 e. The fourth-order valence-corrected chi connectivity index (χ4v) is 8.71. The Balaban J connectivity index is 1.36. The van der Waals surface area contributed by atoms with Crippen molar-refractivity contribution in [3.05, 3.63) is 46.8 Å². The number of rotatable bonds is 7. The van der Waals surface area contributed by atoms with Gasteiger partial charge in [0.05, 0.1) is 22.1 Å². The quantitative estimate of drug-likeness (QED) is 0.306. The monoisotopic (exact) mass is 726 g/mol. The van der Waals surface area contributed by atoms with Gasteiger partial charge in [-0.1, -0.05) is 38.1 Å². The Morgan fingerprint density at radius 2 is 1.82 bits per heavy atom. The van der Waals surface area contributed by atoms with Crippen LogP contribution in [0, 0.1) is 17.8 Å². The zero-order chi connectivity index (χ0) is 36.9. The van der Waals surface area contributed by atoms with Gasteiger partial charge in [-0.25, -0.2) is 17.9 Å². The lowest BCUT2D eigenvalue weighted by molar-refractivity contribution is -0.142. The summed E-state index contributed by atoms with van der Waals surface area (Å²) in [6.45, 7) is 7.30. The first-order valence-corrected chi connectivity index (χ1v) is 19.1. The summed E-state index contributed by atoms with van der Waals surface area (Å²) in [6.07, 6.45) is 4.40. The van der Waals surface area contributed by atoms with Crippen LogP contribution in [0.3, 0.4) is 0 Å². The number of carboxylic acid groups (broad SMARTS) is 1. The summed E-state index contributed by atoms with van der Waals surface area (Å²) in [5.41, 5.74) is -1.86.